The zero-order valence-corrected chi connectivity index (χ0v) is 15.9. The van der Waals surface area contributed by atoms with Gasteiger partial charge < -0.3 is 0 Å². The molecule has 134 valence electrons. The second-order valence-electron chi connectivity index (χ2n) is 7.05. The Balaban J connectivity index is 1.69. The zero-order chi connectivity index (χ0) is 18.2. The minimum atomic E-state index is -3.62. The smallest absolute Gasteiger partial charge is 0.257 e. The van der Waals surface area contributed by atoms with Crippen LogP contribution in [0.1, 0.15) is 54.9 Å². The summed E-state index contributed by atoms with van der Waals surface area (Å²) in [6.07, 6.45) is 2.25. The van der Waals surface area contributed by atoms with Crippen molar-refractivity contribution in [2.75, 3.05) is 5.32 Å². The van der Waals surface area contributed by atoms with Crippen molar-refractivity contribution in [3.63, 3.8) is 0 Å². The lowest BCUT2D eigenvalue weighted by Gasteiger charge is -2.20. The van der Waals surface area contributed by atoms with Crippen LogP contribution in [0.5, 0.6) is 0 Å². The standard InChI is InChI=1S/C16H20N4O3S2/c1-16(2,3)20-25(22,23)12-8-6-10(7-9-12)13(21)17-15-19-18-14(24-15)11-4-5-11/h6-9,11,20H,4-5H2,1-3H3,(H,17,19,21). The number of rotatable bonds is 5. The summed E-state index contributed by atoms with van der Waals surface area (Å²) in [7, 11) is -3.62. The zero-order valence-electron chi connectivity index (χ0n) is 14.2. The van der Waals surface area contributed by atoms with Crippen molar-refractivity contribution in [1.29, 1.82) is 0 Å². The Labute approximate surface area is 150 Å². The number of nitrogens with one attached hydrogen (secondary N) is 2. The van der Waals surface area contributed by atoms with Crippen LogP contribution < -0.4 is 10.0 Å². The van der Waals surface area contributed by atoms with Crippen LogP contribution in [0.2, 0.25) is 0 Å². The van der Waals surface area contributed by atoms with Crippen molar-refractivity contribution in [3.8, 4) is 0 Å². The molecule has 1 saturated carbocycles. The predicted octanol–water partition coefficient (Wildman–Crippen LogP) is 2.74. The number of carbonyl (C=O) groups excluding carboxylic acids is 1. The van der Waals surface area contributed by atoms with Gasteiger partial charge in [-0.2, -0.15) is 0 Å². The van der Waals surface area contributed by atoms with Crippen LogP contribution in [0.15, 0.2) is 29.2 Å². The van der Waals surface area contributed by atoms with Crippen molar-refractivity contribution in [2.45, 2.75) is 50.0 Å². The number of sulfonamides is 1. The van der Waals surface area contributed by atoms with Crippen LogP contribution in [0, 0.1) is 0 Å². The van der Waals surface area contributed by atoms with Gasteiger partial charge in [-0.25, -0.2) is 13.1 Å². The number of hydrogen-bond acceptors (Lipinski definition) is 6. The van der Waals surface area contributed by atoms with Gasteiger partial charge in [0.15, 0.2) is 0 Å². The average Bonchev–Trinajstić information content (AvgIpc) is 3.25. The minimum Gasteiger partial charge on any atom is -0.296 e. The Morgan fingerprint density at radius 1 is 1.16 bits per heavy atom. The van der Waals surface area contributed by atoms with Gasteiger partial charge in [0, 0.05) is 17.0 Å². The molecule has 7 nitrogen and oxygen atoms in total. The minimum absolute atomic E-state index is 0.117. The second kappa shape index (κ2) is 6.47. The first kappa shape index (κ1) is 18.0. The van der Waals surface area contributed by atoms with Crippen molar-refractivity contribution < 1.29 is 13.2 Å². The van der Waals surface area contributed by atoms with E-state index in [1.54, 1.807) is 20.8 Å². The second-order valence-corrected chi connectivity index (χ2v) is 9.75. The number of hydrogen-bond donors (Lipinski definition) is 2. The number of carbonyl (C=O) groups is 1. The van der Waals surface area contributed by atoms with Crippen LogP contribution in [-0.2, 0) is 10.0 Å². The molecular weight excluding hydrogens is 360 g/mol. The largest absolute Gasteiger partial charge is 0.296 e. The molecule has 3 rings (SSSR count). The van der Waals surface area contributed by atoms with Crippen LogP contribution in [0.3, 0.4) is 0 Å². The molecule has 2 N–H and O–H groups in total. The molecule has 1 aliphatic carbocycles. The van der Waals surface area contributed by atoms with E-state index in [1.807, 2.05) is 0 Å². The molecule has 0 radical (unpaired) electrons. The monoisotopic (exact) mass is 380 g/mol. The molecule has 0 atom stereocenters. The van der Waals surface area contributed by atoms with E-state index in [4.69, 9.17) is 0 Å². The fourth-order valence-corrected chi connectivity index (χ4v) is 4.52. The predicted molar refractivity (Wildman–Crippen MR) is 96.4 cm³/mol. The van der Waals surface area contributed by atoms with Crippen LogP contribution in [-0.4, -0.2) is 30.1 Å². The molecule has 1 aromatic heterocycles. The van der Waals surface area contributed by atoms with Gasteiger partial charge in [-0.1, -0.05) is 11.3 Å². The summed E-state index contributed by atoms with van der Waals surface area (Å²) in [4.78, 5) is 12.4. The maximum absolute atomic E-state index is 12.3. The molecule has 0 unspecified atom stereocenters. The molecule has 0 aliphatic heterocycles. The molecule has 1 fully saturated rings. The van der Waals surface area contributed by atoms with E-state index in [9.17, 15) is 13.2 Å². The highest BCUT2D eigenvalue weighted by Gasteiger charge is 2.28. The molecule has 0 spiro atoms. The summed E-state index contributed by atoms with van der Waals surface area (Å²) in [5.74, 6) is 0.147. The van der Waals surface area contributed by atoms with Gasteiger partial charge in [-0.3, -0.25) is 10.1 Å². The molecule has 1 aromatic carbocycles. The highest BCUT2D eigenvalue weighted by molar-refractivity contribution is 7.89. The Morgan fingerprint density at radius 2 is 1.80 bits per heavy atom. The first-order valence-corrected chi connectivity index (χ1v) is 10.2. The topological polar surface area (TPSA) is 101 Å². The summed E-state index contributed by atoms with van der Waals surface area (Å²) in [6.45, 7) is 5.30. The molecule has 2 aromatic rings. The van der Waals surface area contributed by atoms with Gasteiger partial charge >= 0.3 is 0 Å². The molecule has 1 amide bonds. The Morgan fingerprint density at radius 3 is 2.36 bits per heavy atom. The molecule has 0 saturated heterocycles. The van der Waals surface area contributed by atoms with Gasteiger partial charge in [0.05, 0.1) is 4.90 Å². The van der Waals surface area contributed by atoms with Crippen LogP contribution >= 0.6 is 11.3 Å². The van der Waals surface area contributed by atoms with Crippen molar-refractivity contribution in [1.82, 2.24) is 14.9 Å². The van der Waals surface area contributed by atoms with Crippen molar-refractivity contribution in [3.05, 3.63) is 34.8 Å². The molecule has 1 aliphatic rings. The van der Waals surface area contributed by atoms with E-state index in [0.29, 0.717) is 16.6 Å². The third kappa shape index (κ3) is 4.62. The molecule has 9 heteroatoms. The summed E-state index contributed by atoms with van der Waals surface area (Å²) in [5, 5.41) is 12.1. The summed E-state index contributed by atoms with van der Waals surface area (Å²) in [5.41, 5.74) is -0.218. The van der Waals surface area contributed by atoms with E-state index in [1.165, 1.54) is 35.6 Å². The summed E-state index contributed by atoms with van der Waals surface area (Å²) >= 11 is 1.38. The van der Waals surface area contributed by atoms with E-state index < -0.39 is 15.6 Å². The fourth-order valence-electron chi connectivity index (χ4n) is 2.20. The van der Waals surface area contributed by atoms with Gasteiger partial charge in [0.2, 0.25) is 15.2 Å². The third-order valence-corrected chi connectivity index (χ3v) is 6.23. The lowest BCUT2D eigenvalue weighted by atomic mass is 10.1. The Hall–Kier alpha value is -1.84. The molecule has 1 heterocycles. The first-order chi connectivity index (χ1) is 11.6. The normalized spacial score (nSPS) is 15.2. The fraction of sp³-hybridized carbons (Fsp3) is 0.438. The number of anilines is 1. The number of aromatic nitrogens is 2. The quantitative estimate of drug-likeness (QED) is 0.830. The van der Waals surface area contributed by atoms with Gasteiger partial charge in [0.1, 0.15) is 5.01 Å². The number of nitrogens with zero attached hydrogens (tertiary/aromatic N) is 2. The highest BCUT2D eigenvalue weighted by Crippen LogP contribution is 2.42. The molecule has 25 heavy (non-hydrogen) atoms. The highest BCUT2D eigenvalue weighted by atomic mass is 32.2. The van der Waals surface area contributed by atoms with Crippen molar-refractivity contribution >= 4 is 32.4 Å². The number of benzene rings is 1. The number of amides is 1. The third-order valence-electron chi connectivity index (χ3n) is 3.46. The summed E-state index contributed by atoms with van der Waals surface area (Å²) < 4.78 is 27.1. The van der Waals surface area contributed by atoms with E-state index in [2.05, 4.69) is 20.2 Å². The van der Waals surface area contributed by atoms with Gasteiger partial charge in [0.25, 0.3) is 5.91 Å². The van der Waals surface area contributed by atoms with E-state index in [0.717, 1.165) is 17.8 Å². The molecule has 0 bridgehead atoms. The van der Waals surface area contributed by atoms with Crippen LogP contribution in [0.25, 0.3) is 0 Å². The lowest BCUT2D eigenvalue weighted by molar-refractivity contribution is 0.102. The Kier molecular flexibility index (Phi) is 4.65. The van der Waals surface area contributed by atoms with Crippen molar-refractivity contribution in [2.24, 2.45) is 0 Å². The van der Waals surface area contributed by atoms with E-state index >= 15 is 0 Å². The van der Waals surface area contributed by atoms with Crippen LogP contribution in [0.4, 0.5) is 5.13 Å². The maximum atomic E-state index is 12.3. The summed E-state index contributed by atoms with van der Waals surface area (Å²) in [6, 6.07) is 5.79. The Bertz CT molecular complexity index is 879. The van der Waals surface area contributed by atoms with Gasteiger partial charge in [-0.15, -0.1) is 10.2 Å². The SMILES string of the molecule is CC(C)(C)NS(=O)(=O)c1ccc(C(=O)Nc2nnc(C3CC3)s2)cc1. The maximum Gasteiger partial charge on any atom is 0.257 e. The average molecular weight is 380 g/mol. The lowest BCUT2D eigenvalue weighted by Crippen LogP contribution is -2.40. The van der Waals surface area contributed by atoms with Gasteiger partial charge in [-0.05, 0) is 57.9 Å². The van der Waals surface area contributed by atoms with E-state index in [-0.39, 0.29) is 10.8 Å². The first-order valence-electron chi connectivity index (χ1n) is 7.93. The molecular formula is C16H20N4O3S2.